The van der Waals surface area contributed by atoms with Gasteiger partial charge in [0.2, 0.25) is 5.91 Å². The summed E-state index contributed by atoms with van der Waals surface area (Å²) in [6.45, 7) is 1.09. The summed E-state index contributed by atoms with van der Waals surface area (Å²) < 4.78 is 1.81. The molecule has 1 heterocycles. The number of guanidine groups is 1. The summed E-state index contributed by atoms with van der Waals surface area (Å²) in [5, 5.41) is 7.41. The Balaban J connectivity index is 0.00000312. The predicted molar refractivity (Wildman–Crippen MR) is 113 cm³/mol. The zero-order chi connectivity index (χ0) is 17.7. The van der Waals surface area contributed by atoms with Crippen LogP contribution in [0.15, 0.2) is 35.3 Å². The van der Waals surface area contributed by atoms with E-state index in [-0.39, 0.29) is 24.0 Å². The number of nitrogens with zero attached hydrogens (tertiary/aromatic N) is 2. The molecule has 0 aliphatic heterocycles. The van der Waals surface area contributed by atoms with Crippen LogP contribution < -0.4 is 16.4 Å². The van der Waals surface area contributed by atoms with Crippen molar-refractivity contribution in [3.8, 4) is 0 Å². The highest BCUT2D eigenvalue weighted by Gasteiger charge is 2.09. The standard InChI is InChI=1S/C16H19Cl2N5O.HI/c1-20-16(22-9-12-7-13(17)14(18)23(12)2)21-8-10-3-5-11(6-4-10)15(19)24;/h3-7H,8-9H2,1-2H3,(H2,19,24)(H2,20,21,22);1H. The molecule has 0 spiro atoms. The lowest BCUT2D eigenvalue weighted by atomic mass is 10.1. The number of nitrogens with one attached hydrogen (secondary N) is 2. The highest BCUT2D eigenvalue weighted by molar-refractivity contribution is 14.0. The lowest BCUT2D eigenvalue weighted by Crippen LogP contribution is -2.36. The molecule has 0 saturated carbocycles. The molecule has 1 amide bonds. The fourth-order valence-corrected chi connectivity index (χ4v) is 2.54. The van der Waals surface area contributed by atoms with Crippen LogP contribution in [0.2, 0.25) is 10.2 Å². The van der Waals surface area contributed by atoms with Crippen LogP contribution in [0.3, 0.4) is 0 Å². The average molecular weight is 496 g/mol. The fourth-order valence-electron chi connectivity index (χ4n) is 2.13. The molecule has 9 heteroatoms. The quantitative estimate of drug-likeness (QED) is 0.338. The number of carbonyl (C=O) groups excluding carboxylic acids is 1. The molecule has 1 aromatic heterocycles. The van der Waals surface area contributed by atoms with Gasteiger partial charge in [-0.2, -0.15) is 0 Å². The summed E-state index contributed by atoms with van der Waals surface area (Å²) in [5.41, 5.74) is 7.66. The number of carbonyl (C=O) groups is 1. The van der Waals surface area contributed by atoms with Crippen LogP contribution in [-0.4, -0.2) is 23.5 Å². The monoisotopic (exact) mass is 495 g/mol. The van der Waals surface area contributed by atoms with Crippen molar-refractivity contribution in [3.63, 3.8) is 0 Å². The van der Waals surface area contributed by atoms with Crippen molar-refractivity contribution >= 4 is 59.0 Å². The van der Waals surface area contributed by atoms with E-state index < -0.39 is 5.91 Å². The van der Waals surface area contributed by atoms with Crippen molar-refractivity contribution in [2.75, 3.05) is 7.05 Å². The first kappa shape index (κ1) is 21.6. The number of benzene rings is 1. The van der Waals surface area contributed by atoms with Gasteiger partial charge in [0, 0.05) is 31.9 Å². The van der Waals surface area contributed by atoms with E-state index in [1.807, 2.05) is 29.8 Å². The number of nitrogens with two attached hydrogens (primary N) is 1. The first-order valence-electron chi connectivity index (χ1n) is 7.25. The molecule has 0 radical (unpaired) electrons. The number of aromatic nitrogens is 1. The van der Waals surface area contributed by atoms with E-state index in [0.717, 1.165) is 11.3 Å². The summed E-state index contributed by atoms with van der Waals surface area (Å²) in [5.74, 6) is 0.203. The zero-order valence-electron chi connectivity index (χ0n) is 13.8. The van der Waals surface area contributed by atoms with Crippen LogP contribution in [0, 0.1) is 0 Å². The number of hydrogen-bond donors (Lipinski definition) is 3. The molecule has 0 saturated heterocycles. The minimum atomic E-state index is -0.438. The molecule has 0 aliphatic carbocycles. The Kier molecular flexibility index (Phi) is 8.54. The number of amides is 1. The van der Waals surface area contributed by atoms with Gasteiger partial charge in [-0.25, -0.2) is 0 Å². The second-order valence-corrected chi connectivity index (χ2v) is 5.94. The van der Waals surface area contributed by atoms with Gasteiger partial charge in [0.05, 0.1) is 11.6 Å². The van der Waals surface area contributed by atoms with E-state index in [2.05, 4.69) is 15.6 Å². The van der Waals surface area contributed by atoms with Gasteiger partial charge in [0.15, 0.2) is 5.96 Å². The minimum Gasteiger partial charge on any atom is -0.366 e. The van der Waals surface area contributed by atoms with E-state index in [1.165, 1.54) is 0 Å². The third-order valence-corrected chi connectivity index (χ3v) is 4.42. The van der Waals surface area contributed by atoms with Gasteiger partial charge in [0.1, 0.15) is 5.15 Å². The van der Waals surface area contributed by atoms with Crippen LogP contribution in [0.4, 0.5) is 0 Å². The molecular weight excluding hydrogens is 476 g/mol. The van der Waals surface area contributed by atoms with Gasteiger partial charge >= 0.3 is 0 Å². The predicted octanol–water partition coefficient (Wildman–Crippen LogP) is 2.91. The largest absolute Gasteiger partial charge is 0.366 e. The Morgan fingerprint density at radius 1 is 1.20 bits per heavy atom. The average Bonchev–Trinajstić information content (AvgIpc) is 2.82. The van der Waals surface area contributed by atoms with Gasteiger partial charge < -0.3 is 20.9 Å². The van der Waals surface area contributed by atoms with Gasteiger partial charge in [0.25, 0.3) is 0 Å². The Labute approximate surface area is 173 Å². The van der Waals surface area contributed by atoms with Crippen LogP contribution in [0.1, 0.15) is 21.6 Å². The Morgan fingerprint density at radius 2 is 1.80 bits per heavy atom. The molecule has 136 valence electrons. The van der Waals surface area contributed by atoms with E-state index in [0.29, 0.717) is 34.8 Å². The summed E-state index contributed by atoms with van der Waals surface area (Å²) in [6, 6.07) is 8.90. The molecular formula is C16H20Cl2IN5O. The number of halogens is 3. The normalized spacial score (nSPS) is 11.0. The van der Waals surface area contributed by atoms with Crippen molar-refractivity contribution in [2.24, 2.45) is 17.8 Å². The van der Waals surface area contributed by atoms with Crippen LogP contribution in [0.5, 0.6) is 0 Å². The molecule has 2 rings (SSSR count). The van der Waals surface area contributed by atoms with E-state index in [1.54, 1.807) is 19.2 Å². The summed E-state index contributed by atoms with van der Waals surface area (Å²) in [6.07, 6.45) is 0. The van der Waals surface area contributed by atoms with Crippen molar-refractivity contribution in [1.29, 1.82) is 0 Å². The summed E-state index contributed by atoms with van der Waals surface area (Å²) >= 11 is 12.0. The Bertz CT molecular complexity index is 759. The highest BCUT2D eigenvalue weighted by Crippen LogP contribution is 2.24. The van der Waals surface area contributed by atoms with E-state index in [9.17, 15) is 4.79 Å². The summed E-state index contributed by atoms with van der Waals surface area (Å²) in [4.78, 5) is 15.2. The maximum Gasteiger partial charge on any atom is 0.248 e. The third-order valence-electron chi connectivity index (χ3n) is 3.57. The molecule has 4 N–H and O–H groups in total. The molecule has 0 unspecified atom stereocenters. The zero-order valence-corrected chi connectivity index (χ0v) is 17.7. The second kappa shape index (κ2) is 9.88. The van der Waals surface area contributed by atoms with E-state index in [4.69, 9.17) is 28.9 Å². The Hall–Kier alpha value is -1.45. The number of rotatable bonds is 5. The molecule has 25 heavy (non-hydrogen) atoms. The second-order valence-electron chi connectivity index (χ2n) is 5.17. The first-order chi connectivity index (χ1) is 11.4. The third kappa shape index (κ3) is 5.79. The number of aliphatic imine (C=N–C) groups is 1. The van der Waals surface area contributed by atoms with Crippen LogP contribution >= 0.6 is 47.2 Å². The first-order valence-corrected chi connectivity index (χ1v) is 8.00. The van der Waals surface area contributed by atoms with Crippen LogP contribution in [0.25, 0.3) is 0 Å². The minimum absolute atomic E-state index is 0. The highest BCUT2D eigenvalue weighted by atomic mass is 127. The van der Waals surface area contributed by atoms with Crippen molar-refractivity contribution in [2.45, 2.75) is 13.1 Å². The van der Waals surface area contributed by atoms with E-state index >= 15 is 0 Å². The molecule has 2 aromatic rings. The van der Waals surface area contributed by atoms with Gasteiger partial charge in [-0.1, -0.05) is 35.3 Å². The number of primary amides is 1. The molecule has 0 bridgehead atoms. The smallest absolute Gasteiger partial charge is 0.248 e. The van der Waals surface area contributed by atoms with Crippen LogP contribution in [-0.2, 0) is 20.1 Å². The van der Waals surface area contributed by atoms with Gasteiger partial charge in [-0.15, -0.1) is 24.0 Å². The van der Waals surface area contributed by atoms with Gasteiger partial charge in [-0.3, -0.25) is 9.79 Å². The summed E-state index contributed by atoms with van der Waals surface area (Å²) in [7, 11) is 3.54. The topological polar surface area (TPSA) is 84.4 Å². The fraction of sp³-hybridized carbons (Fsp3) is 0.250. The maximum atomic E-state index is 11.1. The van der Waals surface area contributed by atoms with Crippen molar-refractivity contribution < 1.29 is 4.79 Å². The van der Waals surface area contributed by atoms with Crippen molar-refractivity contribution in [3.05, 3.63) is 57.3 Å². The SMILES string of the molecule is CN=C(NCc1ccc(C(N)=O)cc1)NCc1cc(Cl)c(Cl)n1C.I. The lowest BCUT2D eigenvalue weighted by Gasteiger charge is -2.12. The van der Waals surface area contributed by atoms with Crippen molar-refractivity contribution in [1.82, 2.24) is 15.2 Å². The maximum absolute atomic E-state index is 11.1. The molecule has 0 aliphatic rings. The molecule has 1 aromatic carbocycles. The molecule has 6 nitrogen and oxygen atoms in total. The Morgan fingerprint density at radius 3 is 2.28 bits per heavy atom. The molecule has 0 atom stereocenters. The van der Waals surface area contributed by atoms with Gasteiger partial charge in [-0.05, 0) is 23.8 Å². The molecule has 0 fully saturated rings. The number of hydrogen-bond acceptors (Lipinski definition) is 2. The lowest BCUT2D eigenvalue weighted by molar-refractivity contribution is 0.100.